The fourth-order valence-corrected chi connectivity index (χ4v) is 13.5. The van der Waals surface area contributed by atoms with Crippen molar-refractivity contribution in [1.82, 2.24) is 0 Å². The summed E-state index contributed by atoms with van der Waals surface area (Å²) in [7, 11) is -4.17. The second-order valence-electron chi connectivity index (χ2n) is 14.6. The van der Waals surface area contributed by atoms with Gasteiger partial charge >= 0.3 is 34.3 Å². The molecule has 11 heteroatoms. The molecular weight excluding hydrogens is 914 g/mol. The summed E-state index contributed by atoms with van der Waals surface area (Å²) in [6.07, 6.45) is 4.25. The van der Waals surface area contributed by atoms with Crippen molar-refractivity contribution >= 4 is 86.2 Å². The van der Waals surface area contributed by atoms with Crippen LogP contribution >= 0.6 is 25.5 Å². The van der Waals surface area contributed by atoms with Gasteiger partial charge in [0.15, 0.2) is 0 Å². The Labute approximate surface area is 373 Å². The van der Waals surface area contributed by atoms with Gasteiger partial charge in [-0.3, -0.25) is 0 Å². The summed E-state index contributed by atoms with van der Waals surface area (Å²) < 4.78 is 39.0. The summed E-state index contributed by atoms with van der Waals surface area (Å²) in [6.45, 7) is 0. The largest absolute Gasteiger partial charge is 0.676 e. The molecular formula is C50H46BClF4N2P2Ru+2. The van der Waals surface area contributed by atoms with E-state index in [9.17, 15) is 17.3 Å². The summed E-state index contributed by atoms with van der Waals surface area (Å²) >= 11 is 1.82. The summed E-state index contributed by atoms with van der Waals surface area (Å²) in [5, 5.41) is 13.6. The minimum Gasteiger partial charge on any atom is -0.676 e. The molecule has 61 heavy (non-hydrogen) atoms. The van der Waals surface area contributed by atoms with E-state index in [2.05, 4.69) is 204 Å². The van der Waals surface area contributed by atoms with E-state index >= 15 is 0 Å². The van der Waals surface area contributed by atoms with Gasteiger partial charge in [0.2, 0.25) is 0 Å². The Balaban J connectivity index is 0.000000356. The van der Waals surface area contributed by atoms with Crippen LogP contribution in [-0.2, 0) is 17.3 Å². The zero-order valence-corrected chi connectivity index (χ0v) is 37.8. The number of nitrogens with one attached hydrogen (secondary N) is 2. The van der Waals surface area contributed by atoms with Crippen molar-refractivity contribution in [3.8, 4) is 11.1 Å². The Morgan fingerprint density at radius 2 is 0.672 bits per heavy atom. The van der Waals surface area contributed by atoms with Crippen molar-refractivity contribution in [3.05, 3.63) is 206 Å². The number of benzene rings is 8. The molecule has 9 rings (SSSR count). The molecule has 0 aromatic heterocycles. The molecule has 1 aliphatic rings. The van der Waals surface area contributed by atoms with Crippen LogP contribution in [0, 0.1) is 0 Å². The molecule has 2 nitrogen and oxygen atoms in total. The predicted molar refractivity (Wildman–Crippen MR) is 258 cm³/mol. The molecule has 1 saturated carbocycles. The standard InChI is InChI=1S/C44H32P2.C6H12N2.BF4.ClH.Ru/c1-5-19-35(20-6-1)45(36-21-7-2-8-22-36)41-31-29-33-17-13-15-27-39(33)43(41)44-40-28-16-14-18-34(40)30-32-42(44)46(37-23-9-3-10-24-37)38-25-11-4-12-26-38;7-5-3-1-2-4-6(5)8;2-1(3,4)5;;/h1-32H;5-8H,1-4H2;;1H;/q;-2;-1;;+4/p+1. The number of halogens is 5. The molecule has 2 N–H and O–H groups in total. The third-order valence-electron chi connectivity index (χ3n) is 10.7. The van der Waals surface area contributed by atoms with E-state index in [0.29, 0.717) is 0 Å². The van der Waals surface area contributed by atoms with E-state index in [-0.39, 0.29) is 12.1 Å². The normalized spacial score (nSPS) is 14.9. The van der Waals surface area contributed by atoms with Crippen molar-refractivity contribution in [1.29, 1.82) is 0 Å². The fraction of sp³-hybridized carbons (Fsp3) is 0.120. The quantitative estimate of drug-likeness (QED) is 0.0868. The Morgan fingerprint density at radius 1 is 0.410 bits per heavy atom. The average molecular weight is 960 g/mol. The van der Waals surface area contributed by atoms with Gasteiger partial charge in [0.1, 0.15) is 31.8 Å². The Kier molecular flexibility index (Phi) is 17.2. The van der Waals surface area contributed by atoms with Crippen LogP contribution in [0.5, 0.6) is 0 Å². The van der Waals surface area contributed by atoms with Gasteiger partial charge in [0.05, 0.1) is 15.8 Å². The second-order valence-corrected chi connectivity index (χ2v) is 19.5. The van der Waals surface area contributed by atoms with Crippen LogP contribution < -0.4 is 31.8 Å². The molecule has 0 radical (unpaired) electrons. The molecule has 1 fully saturated rings. The molecule has 1 aliphatic carbocycles. The van der Waals surface area contributed by atoms with Gasteiger partial charge in [-0.2, -0.15) is 12.1 Å². The third-order valence-corrected chi connectivity index (χ3v) is 16.2. The van der Waals surface area contributed by atoms with Crippen LogP contribution in [0.2, 0.25) is 0 Å². The number of hydrogen-bond donors (Lipinski definition) is 0. The van der Waals surface area contributed by atoms with Gasteiger partial charge in [0, 0.05) is 11.1 Å². The van der Waals surface area contributed by atoms with Crippen LogP contribution in [0.1, 0.15) is 25.7 Å². The zero-order chi connectivity index (χ0) is 43.2. The first-order chi connectivity index (χ1) is 29.7. The Morgan fingerprint density at radius 3 is 0.951 bits per heavy atom. The molecule has 310 valence electrons. The molecule has 2 unspecified atom stereocenters. The molecule has 0 saturated heterocycles. The number of hydrogen-bond acceptors (Lipinski definition) is 0. The molecule has 0 bridgehead atoms. The van der Waals surface area contributed by atoms with Gasteiger partial charge < -0.3 is 28.7 Å². The second kappa shape index (κ2) is 22.7. The first kappa shape index (κ1) is 46.3. The van der Waals surface area contributed by atoms with Crippen LogP contribution in [-0.4, -0.2) is 19.3 Å². The molecule has 0 aliphatic heterocycles. The van der Waals surface area contributed by atoms with Crippen molar-refractivity contribution < 1.29 is 34.6 Å². The number of fused-ring (bicyclic) bond motifs is 2. The molecule has 0 spiro atoms. The van der Waals surface area contributed by atoms with Gasteiger partial charge in [-0.25, -0.2) is 0 Å². The van der Waals surface area contributed by atoms with Crippen LogP contribution in [0.3, 0.4) is 0 Å². The summed E-state index contributed by atoms with van der Waals surface area (Å²) in [4.78, 5) is 0. The molecule has 0 amide bonds. The Hall–Kier alpha value is -4.24. The third kappa shape index (κ3) is 12.2. The minimum atomic E-state index is -6.00. The van der Waals surface area contributed by atoms with Gasteiger partial charge in [0.25, 0.3) is 0 Å². The van der Waals surface area contributed by atoms with Gasteiger partial charge in [-0.15, -0.1) is 0 Å². The van der Waals surface area contributed by atoms with Crippen molar-refractivity contribution in [3.63, 3.8) is 0 Å². The first-order valence-electron chi connectivity index (χ1n) is 20.1. The minimum absolute atomic E-state index is 0.0799. The predicted octanol–water partition coefficient (Wildman–Crippen LogP) is 13.0. The topological polar surface area (TPSA) is 47.6 Å². The molecule has 0 heterocycles. The fourth-order valence-electron chi connectivity index (χ4n) is 8.00. The van der Waals surface area contributed by atoms with E-state index in [1.54, 1.807) is 0 Å². The smallest absolute Gasteiger partial charge is 0.111 e. The van der Waals surface area contributed by atoms with E-state index in [4.69, 9.17) is 11.5 Å². The summed E-state index contributed by atoms with van der Waals surface area (Å²) in [6, 6.07) is 72.1. The molecule has 8 aromatic carbocycles. The SMILES string of the molecule is F[B-](F)(F)F.[Cl][Ru+3].[NH-]C1CCCCC1[NH-].c1ccc([PH+](c2ccccc2)c2ccc3ccccc3c2-c2c([PH+](c3ccccc3)c3ccccc3)ccc3ccccc23)cc1. The zero-order valence-electron chi connectivity index (χ0n) is 33.3. The maximum atomic E-state index is 9.75. The first-order valence-corrected chi connectivity index (χ1v) is 25.3. The van der Waals surface area contributed by atoms with Gasteiger partial charge in [-0.1, -0.05) is 159 Å². The maximum Gasteiger partial charge on any atom is 0.111 e. The van der Waals surface area contributed by atoms with Crippen LogP contribution in [0.25, 0.3) is 44.1 Å². The van der Waals surface area contributed by atoms with Crippen molar-refractivity contribution in [2.75, 3.05) is 0 Å². The van der Waals surface area contributed by atoms with E-state index in [1.807, 2.05) is 17.3 Å². The molecule has 2 atom stereocenters. The van der Waals surface area contributed by atoms with Crippen LogP contribution in [0.15, 0.2) is 194 Å². The van der Waals surface area contributed by atoms with E-state index in [0.717, 1.165) is 12.8 Å². The average Bonchev–Trinajstić information content (AvgIpc) is 3.29. The number of rotatable bonds is 7. The van der Waals surface area contributed by atoms with Crippen molar-refractivity contribution in [2.24, 2.45) is 0 Å². The van der Waals surface area contributed by atoms with Crippen molar-refractivity contribution in [2.45, 2.75) is 37.8 Å². The van der Waals surface area contributed by atoms with Crippen LogP contribution in [0.4, 0.5) is 17.3 Å². The summed E-state index contributed by atoms with van der Waals surface area (Å²) in [5.41, 5.74) is 17.3. The monoisotopic (exact) mass is 960 g/mol. The maximum absolute atomic E-state index is 9.75. The molecule has 8 aromatic rings. The summed E-state index contributed by atoms with van der Waals surface area (Å²) in [5.74, 6) is 0. The van der Waals surface area contributed by atoms with Gasteiger partial charge in [-0.05, 0) is 82.2 Å². The van der Waals surface area contributed by atoms with E-state index in [1.165, 1.54) is 77.3 Å². The Bertz CT molecular complexity index is 2320. The van der Waals surface area contributed by atoms with E-state index < -0.39 is 23.1 Å².